The molecule has 1 saturated heterocycles. The maximum Gasteiger partial charge on any atom is 0.257 e. The lowest BCUT2D eigenvalue weighted by molar-refractivity contribution is 0.0313. The van der Waals surface area contributed by atoms with Crippen LogP contribution in [0.5, 0.6) is 0 Å². The summed E-state index contributed by atoms with van der Waals surface area (Å²) in [6, 6.07) is 11.4. The summed E-state index contributed by atoms with van der Waals surface area (Å²) in [5.74, 6) is 1.63. The molecule has 8 heteroatoms. The van der Waals surface area contributed by atoms with Crippen LogP contribution in [0, 0.1) is 0 Å². The normalized spacial score (nSPS) is 14.9. The summed E-state index contributed by atoms with van der Waals surface area (Å²) >= 11 is 0. The molecule has 146 valence electrons. The minimum absolute atomic E-state index is 0.177. The molecule has 28 heavy (non-hydrogen) atoms. The molecular formula is C20H22N4O4. The third kappa shape index (κ3) is 4.65. The second kappa shape index (κ2) is 8.81. The van der Waals surface area contributed by atoms with Crippen molar-refractivity contribution in [2.24, 2.45) is 0 Å². The van der Waals surface area contributed by atoms with Gasteiger partial charge in [-0.1, -0.05) is 23.4 Å². The highest BCUT2D eigenvalue weighted by atomic mass is 16.5. The number of furan rings is 1. The molecule has 1 N–H and O–H groups in total. The van der Waals surface area contributed by atoms with E-state index in [0.29, 0.717) is 36.8 Å². The summed E-state index contributed by atoms with van der Waals surface area (Å²) in [5.41, 5.74) is 1.39. The maximum absolute atomic E-state index is 12.3. The topological polar surface area (TPSA) is 93.6 Å². The van der Waals surface area contributed by atoms with Gasteiger partial charge in [-0.3, -0.25) is 9.69 Å². The van der Waals surface area contributed by atoms with E-state index < -0.39 is 0 Å². The van der Waals surface area contributed by atoms with Crippen molar-refractivity contribution in [1.29, 1.82) is 0 Å². The van der Waals surface area contributed by atoms with Gasteiger partial charge in [0.2, 0.25) is 0 Å². The quantitative estimate of drug-likeness (QED) is 0.669. The van der Waals surface area contributed by atoms with Gasteiger partial charge >= 0.3 is 0 Å². The molecule has 0 spiro atoms. The molecule has 0 radical (unpaired) electrons. The number of carbonyl (C=O) groups excluding carboxylic acids is 1. The number of nitrogens with zero attached hydrogens (tertiary/aromatic N) is 3. The van der Waals surface area contributed by atoms with Crippen LogP contribution in [0.25, 0.3) is 11.5 Å². The van der Waals surface area contributed by atoms with Gasteiger partial charge in [0.1, 0.15) is 12.0 Å². The van der Waals surface area contributed by atoms with Crippen LogP contribution in [0.3, 0.4) is 0 Å². The van der Waals surface area contributed by atoms with Crippen LogP contribution in [-0.4, -0.2) is 53.8 Å². The number of hydrogen-bond acceptors (Lipinski definition) is 7. The summed E-state index contributed by atoms with van der Waals surface area (Å²) < 4.78 is 16.1. The van der Waals surface area contributed by atoms with E-state index in [1.165, 1.54) is 6.26 Å². The van der Waals surface area contributed by atoms with Crippen molar-refractivity contribution >= 4 is 5.91 Å². The van der Waals surface area contributed by atoms with Gasteiger partial charge in [0.15, 0.2) is 5.82 Å². The standard InChI is InChI=1S/C20H22N4O4/c25-19(16-12-17(27-14-16)13-24-8-10-26-11-9-24)21-7-6-18-22-20(28-23-18)15-4-2-1-3-5-15/h1-5,12,14H,6-11,13H2,(H,21,25). The summed E-state index contributed by atoms with van der Waals surface area (Å²) in [6.07, 6.45) is 1.98. The average Bonchev–Trinajstić information content (AvgIpc) is 3.39. The van der Waals surface area contributed by atoms with Crippen molar-refractivity contribution in [1.82, 2.24) is 20.4 Å². The van der Waals surface area contributed by atoms with E-state index in [1.54, 1.807) is 6.07 Å². The van der Waals surface area contributed by atoms with Crippen LogP contribution in [0.4, 0.5) is 0 Å². The number of aromatic nitrogens is 2. The highest BCUT2D eigenvalue weighted by Crippen LogP contribution is 2.16. The molecule has 0 atom stereocenters. The number of morpholine rings is 1. The lowest BCUT2D eigenvalue weighted by atomic mass is 10.2. The first-order valence-corrected chi connectivity index (χ1v) is 9.31. The van der Waals surface area contributed by atoms with Crippen molar-refractivity contribution in [3.8, 4) is 11.5 Å². The molecule has 1 aliphatic rings. The fraction of sp³-hybridized carbons (Fsp3) is 0.350. The van der Waals surface area contributed by atoms with Crippen molar-refractivity contribution < 1.29 is 18.5 Å². The molecule has 0 bridgehead atoms. The van der Waals surface area contributed by atoms with Gasteiger partial charge in [0.25, 0.3) is 11.8 Å². The van der Waals surface area contributed by atoms with Gasteiger partial charge in [-0.15, -0.1) is 0 Å². The number of hydrogen-bond donors (Lipinski definition) is 1. The Morgan fingerprint density at radius 1 is 1.18 bits per heavy atom. The fourth-order valence-electron chi connectivity index (χ4n) is 3.01. The molecule has 2 aromatic heterocycles. The molecule has 1 amide bonds. The van der Waals surface area contributed by atoms with Crippen LogP contribution in [0.15, 0.2) is 51.6 Å². The smallest absolute Gasteiger partial charge is 0.257 e. The number of ether oxygens (including phenoxy) is 1. The SMILES string of the molecule is O=C(NCCc1noc(-c2ccccc2)n1)c1coc(CN2CCOCC2)c1. The summed E-state index contributed by atoms with van der Waals surface area (Å²) in [6.45, 7) is 4.31. The first-order valence-electron chi connectivity index (χ1n) is 9.31. The van der Waals surface area contributed by atoms with Crippen LogP contribution in [0.2, 0.25) is 0 Å². The molecule has 1 aromatic carbocycles. The third-order valence-electron chi connectivity index (χ3n) is 4.52. The van der Waals surface area contributed by atoms with Gasteiger partial charge in [-0.25, -0.2) is 0 Å². The zero-order chi connectivity index (χ0) is 19.2. The predicted octanol–water partition coefficient (Wildman–Crippen LogP) is 2.13. The van der Waals surface area contributed by atoms with Crippen molar-refractivity contribution in [3.63, 3.8) is 0 Å². The molecule has 0 unspecified atom stereocenters. The molecule has 1 fully saturated rings. The largest absolute Gasteiger partial charge is 0.467 e. The number of amides is 1. The molecule has 8 nitrogen and oxygen atoms in total. The Morgan fingerprint density at radius 2 is 2.00 bits per heavy atom. The second-order valence-electron chi connectivity index (χ2n) is 6.58. The number of benzene rings is 1. The van der Waals surface area contributed by atoms with E-state index in [-0.39, 0.29) is 5.91 Å². The Morgan fingerprint density at radius 3 is 2.82 bits per heavy atom. The predicted molar refractivity (Wildman–Crippen MR) is 101 cm³/mol. The van der Waals surface area contributed by atoms with Gasteiger partial charge < -0.3 is 19.0 Å². The molecule has 1 aliphatic heterocycles. The number of nitrogens with one attached hydrogen (secondary N) is 1. The van der Waals surface area contributed by atoms with Gasteiger partial charge in [0, 0.05) is 31.6 Å². The lowest BCUT2D eigenvalue weighted by Crippen LogP contribution is -2.35. The maximum atomic E-state index is 12.3. The Balaban J connectivity index is 1.25. The van der Waals surface area contributed by atoms with Crippen molar-refractivity contribution in [3.05, 3.63) is 59.8 Å². The van der Waals surface area contributed by atoms with Crippen molar-refractivity contribution in [2.45, 2.75) is 13.0 Å². The molecule has 0 aliphatic carbocycles. The highest BCUT2D eigenvalue weighted by Gasteiger charge is 2.15. The van der Waals surface area contributed by atoms with E-state index in [9.17, 15) is 4.79 Å². The van der Waals surface area contributed by atoms with E-state index in [2.05, 4.69) is 20.4 Å². The zero-order valence-corrected chi connectivity index (χ0v) is 15.5. The van der Waals surface area contributed by atoms with Crippen LogP contribution in [0.1, 0.15) is 21.9 Å². The number of carbonyl (C=O) groups is 1. The Hall–Kier alpha value is -2.97. The lowest BCUT2D eigenvalue weighted by Gasteiger charge is -2.25. The van der Waals surface area contributed by atoms with Crippen LogP contribution < -0.4 is 5.32 Å². The van der Waals surface area contributed by atoms with Crippen LogP contribution in [-0.2, 0) is 17.7 Å². The van der Waals surface area contributed by atoms with E-state index in [0.717, 1.165) is 37.6 Å². The van der Waals surface area contributed by atoms with Crippen molar-refractivity contribution in [2.75, 3.05) is 32.8 Å². The Bertz CT molecular complexity index is 900. The fourth-order valence-corrected chi connectivity index (χ4v) is 3.01. The first kappa shape index (κ1) is 18.4. The highest BCUT2D eigenvalue weighted by molar-refractivity contribution is 5.93. The minimum Gasteiger partial charge on any atom is -0.467 e. The summed E-state index contributed by atoms with van der Waals surface area (Å²) in [7, 11) is 0. The van der Waals surface area contributed by atoms with E-state index in [4.69, 9.17) is 13.7 Å². The Kier molecular flexibility index (Phi) is 5.79. The molecule has 3 heterocycles. The van der Waals surface area contributed by atoms with Crippen LogP contribution >= 0.6 is 0 Å². The average molecular weight is 382 g/mol. The Labute approximate surface area is 162 Å². The zero-order valence-electron chi connectivity index (χ0n) is 15.5. The second-order valence-corrected chi connectivity index (χ2v) is 6.58. The third-order valence-corrected chi connectivity index (χ3v) is 4.52. The first-order chi connectivity index (χ1) is 13.8. The minimum atomic E-state index is -0.177. The van der Waals surface area contributed by atoms with E-state index >= 15 is 0 Å². The summed E-state index contributed by atoms with van der Waals surface area (Å²) in [4.78, 5) is 18.9. The monoisotopic (exact) mass is 382 g/mol. The van der Waals surface area contributed by atoms with E-state index in [1.807, 2.05) is 30.3 Å². The molecule has 0 saturated carbocycles. The molecular weight excluding hydrogens is 360 g/mol. The van der Waals surface area contributed by atoms with Gasteiger partial charge in [-0.05, 0) is 18.2 Å². The number of rotatable bonds is 7. The van der Waals surface area contributed by atoms with Gasteiger partial charge in [-0.2, -0.15) is 4.98 Å². The summed E-state index contributed by atoms with van der Waals surface area (Å²) in [5, 5.41) is 6.82. The molecule has 4 rings (SSSR count). The van der Waals surface area contributed by atoms with Gasteiger partial charge in [0.05, 0.1) is 25.3 Å². The molecule has 3 aromatic rings.